The number of allylic oxidation sites excluding steroid dienone is 1. The lowest BCUT2D eigenvalue weighted by atomic mass is 9.98. The maximum Gasteiger partial charge on any atom is 0.330 e. The Hall–Kier alpha value is -3.26. The topological polar surface area (TPSA) is 107 Å². The summed E-state index contributed by atoms with van der Waals surface area (Å²) in [4.78, 5) is 50.6. The highest BCUT2D eigenvalue weighted by molar-refractivity contribution is 5.91. The summed E-state index contributed by atoms with van der Waals surface area (Å²) >= 11 is 0. The lowest BCUT2D eigenvalue weighted by Gasteiger charge is -2.15. The van der Waals surface area contributed by atoms with Crippen LogP contribution >= 0.6 is 0 Å². The molecule has 2 aromatic rings. The molecule has 8 heteroatoms. The van der Waals surface area contributed by atoms with Crippen LogP contribution in [0.15, 0.2) is 46.1 Å². The molecule has 1 saturated heterocycles. The molecular formula is C24H28N2O6. The van der Waals surface area contributed by atoms with Gasteiger partial charge in [-0.3, -0.25) is 23.9 Å². The first-order valence-electron chi connectivity index (χ1n) is 10.6. The first kappa shape index (κ1) is 23.4. The summed E-state index contributed by atoms with van der Waals surface area (Å²) in [5.41, 5.74) is 2.49. The lowest BCUT2D eigenvalue weighted by molar-refractivity contribution is -0.147. The molecule has 0 amide bonds. The first-order chi connectivity index (χ1) is 15.2. The predicted octanol–water partition coefficient (Wildman–Crippen LogP) is 2.30. The number of esters is 1. The van der Waals surface area contributed by atoms with E-state index in [-0.39, 0.29) is 18.6 Å². The van der Waals surface area contributed by atoms with Gasteiger partial charge in [0.1, 0.15) is 18.4 Å². The van der Waals surface area contributed by atoms with Crippen LogP contribution in [0, 0.1) is 13.8 Å². The molecule has 0 unspecified atom stereocenters. The number of nitrogens with zero attached hydrogens (tertiary/aromatic N) is 1. The molecule has 1 aromatic carbocycles. The van der Waals surface area contributed by atoms with Gasteiger partial charge < -0.3 is 9.47 Å². The summed E-state index contributed by atoms with van der Waals surface area (Å²) in [6.45, 7) is 7.03. The van der Waals surface area contributed by atoms with Gasteiger partial charge in [0, 0.05) is 31.5 Å². The molecule has 0 bridgehead atoms. The van der Waals surface area contributed by atoms with E-state index in [0.29, 0.717) is 12.0 Å². The Balaban J connectivity index is 1.80. The summed E-state index contributed by atoms with van der Waals surface area (Å²) in [5.74, 6) is -0.590. The largest absolute Gasteiger partial charge is 0.459 e. The number of aromatic nitrogens is 2. The highest BCUT2D eigenvalue weighted by Crippen LogP contribution is 2.31. The minimum Gasteiger partial charge on any atom is -0.459 e. The van der Waals surface area contributed by atoms with Crippen molar-refractivity contribution in [3.8, 4) is 0 Å². The van der Waals surface area contributed by atoms with Crippen LogP contribution in [0.3, 0.4) is 0 Å². The van der Waals surface area contributed by atoms with Crippen molar-refractivity contribution in [1.82, 2.24) is 9.55 Å². The molecule has 170 valence electrons. The molecular weight excluding hydrogens is 412 g/mol. The van der Waals surface area contributed by atoms with Gasteiger partial charge in [0.2, 0.25) is 0 Å². The SMILES string of the molecule is CCc1cn([C@H]2C[C@H](OC(C)=O)[C@@H](C=CC(=O)Cc3c(C)cccc3C)O2)c(=O)[nH]c1=O. The van der Waals surface area contributed by atoms with E-state index < -0.39 is 35.7 Å². The number of benzene rings is 1. The average molecular weight is 440 g/mol. The normalized spacial score (nSPS) is 20.6. The van der Waals surface area contributed by atoms with Gasteiger partial charge in [0.15, 0.2) is 5.78 Å². The van der Waals surface area contributed by atoms with E-state index in [4.69, 9.17) is 9.47 Å². The zero-order chi connectivity index (χ0) is 23.4. The maximum atomic E-state index is 12.6. The Morgan fingerprint density at radius 2 is 1.94 bits per heavy atom. The van der Waals surface area contributed by atoms with E-state index in [1.165, 1.54) is 23.8 Å². The highest BCUT2D eigenvalue weighted by atomic mass is 16.6. The van der Waals surface area contributed by atoms with E-state index in [2.05, 4.69) is 4.98 Å². The number of aromatic amines is 1. The number of ether oxygens (including phenoxy) is 2. The minimum atomic E-state index is -0.739. The number of H-pyrrole nitrogens is 1. The summed E-state index contributed by atoms with van der Waals surface area (Å²) in [6, 6.07) is 5.88. The molecule has 1 N–H and O–H groups in total. The Kier molecular flexibility index (Phi) is 7.25. The summed E-state index contributed by atoms with van der Waals surface area (Å²) in [6.07, 6.45) is 3.29. The van der Waals surface area contributed by atoms with Gasteiger partial charge in [-0.25, -0.2) is 4.79 Å². The van der Waals surface area contributed by atoms with Crippen LogP contribution in [0.4, 0.5) is 0 Å². The zero-order valence-corrected chi connectivity index (χ0v) is 18.7. The molecule has 3 atom stereocenters. The standard InChI is InChI=1S/C24H28N2O6/c1-5-17-13-26(24(30)25-23(17)29)22-12-21(31-16(4)27)20(32-22)10-9-18(28)11-19-14(2)7-6-8-15(19)3/h6-10,13,20-22H,5,11-12H2,1-4H3,(H,25,29,30)/t20-,21+,22-/m1/s1. The summed E-state index contributed by atoms with van der Waals surface area (Å²) in [7, 11) is 0. The van der Waals surface area contributed by atoms with E-state index in [9.17, 15) is 19.2 Å². The van der Waals surface area contributed by atoms with E-state index in [0.717, 1.165) is 16.7 Å². The molecule has 0 saturated carbocycles. The van der Waals surface area contributed by atoms with Crippen molar-refractivity contribution in [3.05, 3.63) is 79.6 Å². The summed E-state index contributed by atoms with van der Waals surface area (Å²) < 4.78 is 12.6. The molecule has 3 rings (SSSR count). The Labute approximate surface area is 185 Å². The number of hydrogen-bond donors (Lipinski definition) is 1. The molecule has 0 spiro atoms. The molecule has 1 aromatic heterocycles. The van der Waals surface area contributed by atoms with Crippen LogP contribution in [0.2, 0.25) is 0 Å². The third-order valence-electron chi connectivity index (χ3n) is 5.63. The van der Waals surface area contributed by atoms with Gasteiger partial charge in [-0.05, 0) is 49.1 Å². The lowest BCUT2D eigenvalue weighted by Crippen LogP contribution is -2.34. The van der Waals surface area contributed by atoms with Crippen LogP contribution in [0.1, 0.15) is 48.8 Å². The second-order valence-electron chi connectivity index (χ2n) is 7.99. The summed E-state index contributed by atoms with van der Waals surface area (Å²) in [5, 5.41) is 0. The molecule has 0 aliphatic carbocycles. The predicted molar refractivity (Wildman–Crippen MR) is 119 cm³/mol. The third-order valence-corrected chi connectivity index (χ3v) is 5.63. The van der Waals surface area contributed by atoms with E-state index >= 15 is 0 Å². The number of carbonyl (C=O) groups is 2. The molecule has 2 heterocycles. The maximum absolute atomic E-state index is 12.6. The highest BCUT2D eigenvalue weighted by Gasteiger charge is 2.37. The molecule has 8 nitrogen and oxygen atoms in total. The van der Waals surface area contributed by atoms with Crippen molar-refractivity contribution in [2.45, 2.75) is 65.4 Å². The van der Waals surface area contributed by atoms with Crippen LogP contribution in [-0.4, -0.2) is 33.5 Å². The van der Waals surface area contributed by atoms with Gasteiger partial charge in [0.05, 0.1) is 0 Å². The molecule has 1 aliphatic rings. The zero-order valence-electron chi connectivity index (χ0n) is 18.7. The second kappa shape index (κ2) is 9.91. The van der Waals surface area contributed by atoms with Crippen molar-refractivity contribution in [1.29, 1.82) is 0 Å². The smallest absolute Gasteiger partial charge is 0.330 e. The van der Waals surface area contributed by atoms with Crippen molar-refractivity contribution < 1.29 is 19.1 Å². The Morgan fingerprint density at radius 1 is 1.25 bits per heavy atom. The van der Waals surface area contributed by atoms with Crippen LogP contribution < -0.4 is 11.2 Å². The number of rotatable bonds is 7. The number of nitrogens with one attached hydrogen (secondary N) is 1. The first-order valence-corrected chi connectivity index (χ1v) is 10.6. The fourth-order valence-corrected chi connectivity index (χ4v) is 3.89. The van der Waals surface area contributed by atoms with Crippen LogP contribution in [0.5, 0.6) is 0 Å². The molecule has 1 fully saturated rings. The second-order valence-corrected chi connectivity index (χ2v) is 7.99. The van der Waals surface area contributed by atoms with Gasteiger partial charge in [-0.2, -0.15) is 0 Å². The number of ketones is 1. The Bertz CT molecular complexity index is 1140. The molecule has 0 radical (unpaired) electrons. The van der Waals surface area contributed by atoms with Gasteiger partial charge in [0.25, 0.3) is 5.56 Å². The van der Waals surface area contributed by atoms with Crippen molar-refractivity contribution in [2.24, 2.45) is 0 Å². The van der Waals surface area contributed by atoms with Crippen molar-refractivity contribution in [2.75, 3.05) is 0 Å². The van der Waals surface area contributed by atoms with Gasteiger partial charge in [-0.1, -0.05) is 25.1 Å². The minimum absolute atomic E-state index is 0.106. The number of aryl methyl sites for hydroxylation is 3. The fraction of sp³-hybridized carbons (Fsp3) is 0.417. The fourth-order valence-electron chi connectivity index (χ4n) is 3.89. The quantitative estimate of drug-likeness (QED) is 0.523. The monoisotopic (exact) mass is 440 g/mol. The van der Waals surface area contributed by atoms with Crippen LogP contribution in [0.25, 0.3) is 0 Å². The third kappa shape index (κ3) is 5.31. The number of carbonyl (C=O) groups excluding carboxylic acids is 2. The van der Waals surface area contributed by atoms with E-state index in [1.54, 1.807) is 6.08 Å². The van der Waals surface area contributed by atoms with Gasteiger partial charge >= 0.3 is 11.7 Å². The van der Waals surface area contributed by atoms with Crippen molar-refractivity contribution in [3.63, 3.8) is 0 Å². The number of hydrogen-bond acceptors (Lipinski definition) is 6. The van der Waals surface area contributed by atoms with Gasteiger partial charge in [-0.15, -0.1) is 0 Å². The van der Waals surface area contributed by atoms with Crippen molar-refractivity contribution >= 4 is 11.8 Å². The van der Waals surface area contributed by atoms with Crippen LogP contribution in [-0.2, 0) is 31.9 Å². The Morgan fingerprint density at radius 3 is 2.56 bits per heavy atom. The molecule has 1 aliphatic heterocycles. The van der Waals surface area contributed by atoms with E-state index in [1.807, 2.05) is 39.0 Å². The average Bonchev–Trinajstić information content (AvgIpc) is 3.11. The molecule has 32 heavy (non-hydrogen) atoms.